The highest BCUT2D eigenvalue weighted by molar-refractivity contribution is 6.22. The minimum atomic E-state index is -0.427. The van der Waals surface area contributed by atoms with Gasteiger partial charge in [-0.3, -0.25) is 14.5 Å². The van der Waals surface area contributed by atoms with Gasteiger partial charge < -0.3 is 19.0 Å². The van der Waals surface area contributed by atoms with Crippen LogP contribution in [0.3, 0.4) is 0 Å². The second kappa shape index (κ2) is 12.5. The van der Waals surface area contributed by atoms with Crippen molar-refractivity contribution in [1.29, 1.82) is 0 Å². The first-order chi connectivity index (χ1) is 20.6. The molecule has 0 unspecified atom stereocenters. The second-order valence-corrected chi connectivity index (χ2v) is 11.3. The van der Waals surface area contributed by atoms with Gasteiger partial charge in [-0.1, -0.05) is 55.3 Å². The lowest BCUT2D eigenvalue weighted by molar-refractivity contribution is -0.122. The van der Waals surface area contributed by atoms with Crippen LogP contribution in [-0.4, -0.2) is 36.2 Å². The molecular weight excluding hydrogens is 530 g/mol. The molecule has 6 rings (SSSR count). The Labute approximate surface area is 246 Å². The Hall–Kier alpha value is -3.94. The van der Waals surface area contributed by atoms with Gasteiger partial charge in [0.2, 0.25) is 11.8 Å². The van der Waals surface area contributed by atoms with Crippen molar-refractivity contribution in [2.45, 2.75) is 51.7 Å². The number of nitrogens with zero attached hydrogens (tertiary/aromatic N) is 1. The van der Waals surface area contributed by atoms with E-state index in [0.717, 1.165) is 48.3 Å². The third-order valence-corrected chi connectivity index (χ3v) is 8.66. The van der Waals surface area contributed by atoms with Crippen molar-refractivity contribution in [3.63, 3.8) is 0 Å². The van der Waals surface area contributed by atoms with E-state index in [9.17, 15) is 14.7 Å². The molecular formula is C35H37NO6. The van der Waals surface area contributed by atoms with Crippen LogP contribution in [0, 0.1) is 17.8 Å². The Morgan fingerprint density at radius 3 is 2.45 bits per heavy atom. The van der Waals surface area contributed by atoms with Gasteiger partial charge in [-0.05, 0) is 79.3 Å². The largest absolute Gasteiger partial charge is 0.489 e. The number of benzene rings is 2. The fourth-order valence-electron chi connectivity index (χ4n) is 6.79. The predicted molar refractivity (Wildman–Crippen MR) is 159 cm³/mol. The molecule has 3 aliphatic rings. The number of hydrogen-bond donors (Lipinski definition) is 1. The number of aliphatic hydroxyl groups is 1. The number of rotatable bonds is 11. The highest BCUT2D eigenvalue weighted by Gasteiger charge is 2.57. The van der Waals surface area contributed by atoms with Crippen molar-refractivity contribution >= 4 is 23.6 Å². The van der Waals surface area contributed by atoms with Gasteiger partial charge in [-0.2, -0.15) is 0 Å². The Morgan fingerprint density at radius 2 is 1.74 bits per heavy atom. The van der Waals surface area contributed by atoms with E-state index in [-0.39, 0.29) is 30.4 Å². The van der Waals surface area contributed by atoms with Crippen molar-refractivity contribution in [2.24, 2.45) is 17.8 Å². The molecule has 2 fully saturated rings. The van der Waals surface area contributed by atoms with Crippen molar-refractivity contribution in [3.8, 4) is 5.75 Å². The normalized spacial score (nSPS) is 23.9. The topological polar surface area (TPSA) is 89.2 Å². The van der Waals surface area contributed by atoms with Crippen molar-refractivity contribution in [1.82, 2.24) is 0 Å². The van der Waals surface area contributed by atoms with Crippen LogP contribution in [0.4, 0.5) is 5.69 Å². The Kier molecular flexibility index (Phi) is 8.40. The molecule has 42 heavy (non-hydrogen) atoms. The molecule has 0 bridgehead atoms. The van der Waals surface area contributed by atoms with Gasteiger partial charge in [0.15, 0.2) is 0 Å². The van der Waals surface area contributed by atoms with Crippen LogP contribution >= 0.6 is 0 Å². The molecule has 1 aromatic heterocycles. The minimum absolute atomic E-state index is 0.124. The van der Waals surface area contributed by atoms with Crippen LogP contribution in [0.25, 0.3) is 6.08 Å². The summed E-state index contributed by atoms with van der Waals surface area (Å²) < 4.78 is 18.4. The zero-order valence-electron chi connectivity index (χ0n) is 23.9. The van der Waals surface area contributed by atoms with E-state index < -0.39 is 11.8 Å². The van der Waals surface area contributed by atoms with Gasteiger partial charge >= 0.3 is 0 Å². The average molecular weight is 568 g/mol. The number of carbonyl (C=O) groups is 2. The van der Waals surface area contributed by atoms with Gasteiger partial charge in [-0.25, -0.2) is 0 Å². The highest BCUT2D eigenvalue weighted by atomic mass is 16.5. The molecule has 0 saturated carbocycles. The molecule has 2 saturated heterocycles. The minimum Gasteiger partial charge on any atom is -0.489 e. The quantitative estimate of drug-likeness (QED) is 0.215. The molecule has 1 aliphatic carbocycles. The molecule has 7 nitrogen and oxygen atoms in total. The smallest absolute Gasteiger partial charge is 0.238 e. The first-order valence-electron chi connectivity index (χ1n) is 14.9. The van der Waals surface area contributed by atoms with Gasteiger partial charge in [0, 0.05) is 5.92 Å². The number of hydrogen-bond acceptors (Lipinski definition) is 6. The number of aliphatic hydroxyl groups excluding tert-OH is 1. The summed E-state index contributed by atoms with van der Waals surface area (Å²) in [5.74, 6) is 0.796. The number of amides is 2. The van der Waals surface area contributed by atoms with Crippen LogP contribution in [-0.2, 0) is 20.9 Å². The van der Waals surface area contributed by atoms with Gasteiger partial charge in [0.25, 0.3) is 0 Å². The van der Waals surface area contributed by atoms with Crippen LogP contribution in [0.2, 0.25) is 0 Å². The fraction of sp³-hybridized carbons (Fsp3) is 0.371. The summed E-state index contributed by atoms with van der Waals surface area (Å²) in [5.41, 5.74) is 4.09. The Balaban J connectivity index is 1.27. The summed E-state index contributed by atoms with van der Waals surface area (Å²) in [6.07, 6.45) is 5.92. The number of fused-ring (bicyclic) bond motifs is 3. The molecule has 3 heterocycles. The maximum Gasteiger partial charge on any atom is 0.238 e. The number of allylic oxidation sites excluding steroid dienone is 1. The van der Waals surface area contributed by atoms with Crippen molar-refractivity contribution in [3.05, 3.63) is 101 Å². The van der Waals surface area contributed by atoms with E-state index in [2.05, 4.69) is 13.0 Å². The molecule has 2 aliphatic heterocycles. The predicted octanol–water partition coefficient (Wildman–Crippen LogP) is 6.34. The summed E-state index contributed by atoms with van der Waals surface area (Å²) in [5, 5.41) is 9.37. The summed E-state index contributed by atoms with van der Waals surface area (Å²) in [4.78, 5) is 28.9. The summed E-state index contributed by atoms with van der Waals surface area (Å²) in [6, 6.07) is 22.6. The van der Waals surface area contributed by atoms with E-state index >= 15 is 0 Å². The van der Waals surface area contributed by atoms with Crippen LogP contribution in [0.15, 0.2) is 93.9 Å². The third-order valence-electron chi connectivity index (χ3n) is 8.66. The summed E-state index contributed by atoms with van der Waals surface area (Å²) in [7, 11) is 0. The Morgan fingerprint density at radius 1 is 0.976 bits per heavy atom. The Bertz CT molecular complexity index is 1470. The van der Waals surface area contributed by atoms with E-state index in [1.54, 1.807) is 6.07 Å². The molecule has 0 radical (unpaired) electrons. The van der Waals surface area contributed by atoms with Crippen LogP contribution in [0.5, 0.6) is 5.75 Å². The molecule has 7 heteroatoms. The van der Waals surface area contributed by atoms with Crippen molar-refractivity contribution < 1.29 is 28.6 Å². The summed E-state index contributed by atoms with van der Waals surface area (Å²) >= 11 is 0. The fourth-order valence-corrected chi connectivity index (χ4v) is 6.79. The maximum atomic E-state index is 13.8. The lowest BCUT2D eigenvalue weighted by Gasteiger charge is -2.31. The molecule has 3 aromatic rings. The lowest BCUT2D eigenvalue weighted by atomic mass is 9.69. The standard InChI is InChI=1S/C35H37NO6/c1-2-9-23(18-27-15-16-28(20-37)42-27)14-17-31-32-24(21-40-26-12-7-4-8-13-26)19-29-33(30(32)22-41-31)35(39)36(34(29)38)25-10-5-3-6-11-25/h3-8,10-13,15-16,18,29-31,33,37H,2,9,14,17,19-22H2,1H3/b23-18+/t29-,30+,31-,33-/m1/s1. The lowest BCUT2D eigenvalue weighted by Crippen LogP contribution is -2.35. The van der Waals surface area contributed by atoms with E-state index in [4.69, 9.17) is 13.9 Å². The number of carbonyl (C=O) groups excluding carboxylic acids is 2. The molecule has 2 aromatic carbocycles. The second-order valence-electron chi connectivity index (χ2n) is 11.3. The number of anilines is 1. The SMILES string of the molecule is CCC/C(=C\c1ccc(CO)o1)CC[C@H]1OC[C@H]2C1=C(COc1ccccc1)C[C@H]1C(=O)N(c3ccccc3)C(=O)[C@H]12. The number of ether oxygens (including phenoxy) is 2. The molecule has 1 N–H and O–H groups in total. The van der Waals surface area contributed by atoms with E-state index in [0.29, 0.717) is 31.1 Å². The average Bonchev–Trinajstić information content (AvgIpc) is 3.72. The zero-order valence-corrected chi connectivity index (χ0v) is 23.9. The number of para-hydroxylation sites is 2. The zero-order chi connectivity index (χ0) is 29.1. The van der Waals surface area contributed by atoms with Crippen LogP contribution < -0.4 is 9.64 Å². The highest BCUT2D eigenvalue weighted by Crippen LogP contribution is 2.50. The van der Waals surface area contributed by atoms with E-state index in [1.807, 2.05) is 66.7 Å². The van der Waals surface area contributed by atoms with Gasteiger partial charge in [0.1, 0.15) is 30.5 Å². The third kappa shape index (κ3) is 5.59. The number of furan rings is 1. The first kappa shape index (κ1) is 28.2. The maximum absolute atomic E-state index is 13.8. The van der Waals surface area contributed by atoms with Gasteiger partial charge in [-0.15, -0.1) is 0 Å². The molecule has 4 atom stereocenters. The molecule has 2 amide bonds. The van der Waals surface area contributed by atoms with Crippen molar-refractivity contribution in [2.75, 3.05) is 18.1 Å². The molecule has 218 valence electrons. The molecule has 0 spiro atoms. The number of imide groups is 1. The van der Waals surface area contributed by atoms with Crippen LogP contribution in [0.1, 0.15) is 50.5 Å². The summed E-state index contributed by atoms with van der Waals surface area (Å²) in [6.45, 7) is 2.81. The first-order valence-corrected chi connectivity index (χ1v) is 14.9. The monoisotopic (exact) mass is 567 g/mol. The van der Waals surface area contributed by atoms with E-state index in [1.165, 1.54) is 10.5 Å². The van der Waals surface area contributed by atoms with Gasteiger partial charge in [0.05, 0.1) is 30.2 Å².